The molecule has 0 aromatic carbocycles. The van der Waals surface area contributed by atoms with Crippen molar-refractivity contribution in [1.29, 1.82) is 5.26 Å². The molecule has 0 aliphatic heterocycles. The van der Waals surface area contributed by atoms with E-state index in [2.05, 4.69) is 9.97 Å². The van der Waals surface area contributed by atoms with E-state index in [1.165, 1.54) is 18.1 Å². The first-order valence-corrected chi connectivity index (χ1v) is 6.42. The number of aryl methyl sites for hydroxylation is 1. The van der Waals surface area contributed by atoms with Crippen LogP contribution in [0.5, 0.6) is 0 Å². The number of thiophene rings is 1. The molecule has 2 aromatic heterocycles. The number of hydrogen-bond donors (Lipinski definition) is 1. The van der Waals surface area contributed by atoms with Crippen molar-refractivity contribution in [3.8, 4) is 6.07 Å². The zero-order chi connectivity index (χ0) is 12.4. The van der Waals surface area contributed by atoms with Gasteiger partial charge in [0.15, 0.2) is 0 Å². The number of nitrogens with zero attached hydrogens (tertiary/aromatic N) is 3. The standard InChI is InChI=1S/C10H7N3O2S2/c1-5-6-8(16-3-2-11)12-4-13-9(6)17-7(5)10(14)15/h4H,3H2,1H3,(H,14,15). The minimum atomic E-state index is -0.957. The van der Waals surface area contributed by atoms with Crippen molar-refractivity contribution in [3.63, 3.8) is 0 Å². The van der Waals surface area contributed by atoms with Crippen LogP contribution >= 0.6 is 23.1 Å². The van der Waals surface area contributed by atoms with E-state index in [1.54, 1.807) is 6.92 Å². The fourth-order valence-electron chi connectivity index (χ4n) is 1.45. The summed E-state index contributed by atoms with van der Waals surface area (Å²) in [5, 5.41) is 19.0. The quantitative estimate of drug-likeness (QED) is 0.677. The highest BCUT2D eigenvalue weighted by Gasteiger charge is 2.18. The molecule has 0 saturated carbocycles. The summed E-state index contributed by atoms with van der Waals surface area (Å²) in [6, 6.07) is 2.02. The number of thioether (sulfide) groups is 1. The van der Waals surface area contributed by atoms with Crippen molar-refractivity contribution in [3.05, 3.63) is 16.8 Å². The van der Waals surface area contributed by atoms with Crippen molar-refractivity contribution in [2.24, 2.45) is 0 Å². The van der Waals surface area contributed by atoms with Crippen molar-refractivity contribution >= 4 is 39.3 Å². The van der Waals surface area contributed by atoms with Crippen LogP contribution in [-0.4, -0.2) is 26.8 Å². The van der Waals surface area contributed by atoms with Gasteiger partial charge >= 0.3 is 5.97 Å². The maximum Gasteiger partial charge on any atom is 0.346 e. The fourth-order valence-corrected chi connectivity index (χ4v) is 3.22. The number of carboxylic acids is 1. The fraction of sp³-hybridized carbons (Fsp3) is 0.200. The van der Waals surface area contributed by atoms with E-state index < -0.39 is 5.97 Å². The molecular weight excluding hydrogens is 258 g/mol. The SMILES string of the molecule is Cc1c(C(=O)O)sc2ncnc(SCC#N)c12. The molecule has 0 spiro atoms. The lowest BCUT2D eigenvalue weighted by atomic mass is 10.2. The lowest BCUT2D eigenvalue weighted by molar-refractivity contribution is 0.0701. The molecule has 0 amide bonds. The molecule has 2 aromatic rings. The van der Waals surface area contributed by atoms with Crippen LogP contribution in [0.2, 0.25) is 0 Å². The van der Waals surface area contributed by atoms with Crippen LogP contribution in [0.3, 0.4) is 0 Å². The van der Waals surface area contributed by atoms with Crippen LogP contribution in [-0.2, 0) is 0 Å². The topological polar surface area (TPSA) is 86.9 Å². The maximum absolute atomic E-state index is 11.0. The molecule has 0 atom stereocenters. The number of aromatic nitrogens is 2. The zero-order valence-electron chi connectivity index (χ0n) is 8.80. The molecule has 0 fully saturated rings. The van der Waals surface area contributed by atoms with E-state index in [1.807, 2.05) is 6.07 Å². The summed E-state index contributed by atoms with van der Waals surface area (Å²) in [4.78, 5) is 20.1. The van der Waals surface area contributed by atoms with Crippen LogP contribution < -0.4 is 0 Å². The molecule has 2 rings (SSSR count). The Kier molecular flexibility index (Phi) is 3.26. The van der Waals surface area contributed by atoms with Gasteiger partial charge < -0.3 is 5.11 Å². The highest BCUT2D eigenvalue weighted by Crippen LogP contribution is 2.34. The Morgan fingerprint density at radius 3 is 3.06 bits per heavy atom. The lowest BCUT2D eigenvalue weighted by Gasteiger charge is -1.99. The average molecular weight is 265 g/mol. The molecule has 2 heterocycles. The summed E-state index contributed by atoms with van der Waals surface area (Å²) in [6.45, 7) is 1.74. The van der Waals surface area contributed by atoms with Gasteiger partial charge in [0, 0.05) is 5.39 Å². The minimum absolute atomic E-state index is 0.277. The number of aromatic carboxylic acids is 1. The molecule has 0 bridgehead atoms. The first-order chi connectivity index (χ1) is 8.15. The monoisotopic (exact) mass is 265 g/mol. The number of carboxylic acid groups (broad SMARTS) is 1. The summed E-state index contributed by atoms with van der Waals surface area (Å²) < 4.78 is 0. The zero-order valence-corrected chi connectivity index (χ0v) is 10.4. The molecule has 1 N–H and O–H groups in total. The summed E-state index contributed by atoms with van der Waals surface area (Å²) in [6.07, 6.45) is 1.39. The maximum atomic E-state index is 11.0. The summed E-state index contributed by atoms with van der Waals surface area (Å²) in [7, 11) is 0. The van der Waals surface area contributed by atoms with Gasteiger partial charge in [-0.15, -0.1) is 11.3 Å². The van der Waals surface area contributed by atoms with Crippen LogP contribution in [0.15, 0.2) is 11.4 Å². The van der Waals surface area contributed by atoms with E-state index in [9.17, 15) is 4.79 Å². The number of hydrogen-bond acceptors (Lipinski definition) is 6. The molecular formula is C10H7N3O2S2. The van der Waals surface area contributed by atoms with Crippen LogP contribution in [0.25, 0.3) is 10.2 Å². The van der Waals surface area contributed by atoms with Gasteiger partial charge in [-0.1, -0.05) is 11.8 Å². The molecule has 5 nitrogen and oxygen atoms in total. The van der Waals surface area contributed by atoms with E-state index in [0.717, 1.165) is 16.7 Å². The van der Waals surface area contributed by atoms with Crippen molar-refractivity contribution in [2.45, 2.75) is 11.9 Å². The third-order valence-electron chi connectivity index (χ3n) is 2.16. The second-order valence-electron chi connectivity index (χ2n) is 3.17. The Bertz CT molecular complexity index is 630. The Balaban J connectivity index is 2.63. The Morgan fingerprint density at radius 1 is 1.65 bits per heavy atom. The van der Waals surface area contributed by atoms with Gasteiger partial charge in [-0.3, -0.25) is 0 Å². The first-order valence-electron chi connectivity index (χ1n) is 4.62. The molecule has 0 saturated heterocycles. The largest absolute Gasteiger partial charge is 0.477 e. The molecule has 0 unspecified atom stereocenters. The van der Waals surface area contributed by atoms with Gasteiger partial charge in [0.1, 0.15) is 21.1 Å². The average Bonchev–Trinajstić information content (AvgIpc) is 2.65. The molecule has 0 aliphatic rings. The van der Waals surface area contributed by atoms with Gasteiger partial charge in [0.2, 0.25) is 0 Å². The van der Waals surface area contributed by atoms with Crippen LogP contribution in [0.4, 0.5) is 0 Å². The number of rotatable bonds is 3. The lowest BCUT2D eigenvalue weighted by Crippen LogP contribution is -1.94. The summed E-state index contributed by atoms with van der Waals surface area (Å²) >= 11 is 2.42. The molecule has 86 valence electrons. The van der Waals surface area contributed by atoms with E-state index in [0.29, 0.717) is 15.4 Å². The van der Waals surface area contributed by atoms with Gasteiger partial charge in [0.05, 0.1) is 11.8 Å². The summed E-state index contributed by atoms with van der Waals surface area (Å²) in [5.74, 6) is -0.675. The van der Waals surface area contributed by atoms with Crippen molar-refractivity contribution < 1.29 is 9.90 Å². The second kappa shape index (κ2) is 4.69. The van der Waals surface area contributed by atoms with Gasteiger partial charge in [-0.05, 0) is 12.5 Å². The van der Waals surface area contributed by atoms with Gasteiger partial charge in [-0.2, -0.15) is 5.26 Å². The molecule has 7 heteroatoms. The van der Waals surface area contributed by atoms with Crippen molar-refractivity contribution in [1.82, 2.24) is 9.97 Å². The van der Waals surface area contributed by atoms with Gasteiger partial charge in [0.25, 0.3) is 0 Å². The smallest absolute Gasteiger partial charge is 0.346 e. The first kappa shape index (κ1) is 11.8. The van der Waals surface area contributed by atoms with E-state index >= 15 is 0 Å². The number of nitriles is 1. The van der Waals surface area contributed by atoms with Gasteiger partial charge in [-0.25, -0.2) is 14.8 Å². The third kappa shape index (κ3) is 2.09. The number of carbonyl (C=O) groups is 1. The Hall–Kier alpha value is -1.65. The highest BCUT2D eigenvalue weighted by atomic mass is 32.2. The van der Waals surface area contributed by atoms with Crippen LogP contribution in [0.1, 0.15) is 15.2 Å². The van der Waals surface area contributed by atoms with Crippen LogP contribution in [0, 0.1) is 18.3 Å². The van der Waals surface area contributed by atoms with E-state index in [-0.39, 0.29) is 10.6 Å². The third-order valence-corrected chi connectivity index (χ3v) is 4.20. The minimum Gasteiger partial charge on any atom is -0.477 e. The summed E-state index contributed by atoms with van der Waals surface area (Å²) in [5.41, 5.74) is 0.665. The number of fused-ring (bicyclic) bond motifs is 1. The predicted molar refractivity (Wildman–Crippen MR) is 65.4 cm³/mol. The normalized spacial score (nSPS) is 10.4. The molecule has 0 radical (unpaired) electrons. The Morgan fingerprint density at radius 2 is 2.41 bits per heavy atom. The Labute approximate surface area is 105 Å². The molecule has 17 heavy (non-hydrogen) atoms. The van der Waals surface area contributed by atoms with Crippen molar-refractivity contribution in [2.75, 3.05) is 5.75 Å². The predicted octanol–water partition coefficient (Wildman–Crippen LogP) is 2.31. The highest BCUT2D eigenvalue weighted by molar-refractivity contribution is 7.99. The second-order valence-corrected chi connectivity index (χ2v) is 5.13. The van der Waals surface area contributed by atoms with E-state index in [4.69, 9.17) is 10.4 Å². The molecule has 0 aliphatic carbocycles.